The van der Waals surface area contributed by atoms with Crippen LogP contribution in [0.3, 0.4) is 0 Å². The van der Waals surface area contributed by atoms with Crippen molar-refractivity contribution >= 4 is 40.0 Å². The maximum absolute atomic E-state index is 12.3. The molecule has 7 heteroatoms. The highest BCUT2D eigenvalue weighted by molar-refractivity contribution is 8.02. The largest absolute Gasteiger partial charge is 0.465 e. The molecule has 1 aromatic rings. The first-order valence-electron chi connectivity index (χ1n) is 8.43. The van der Waals surface area contributed by atoms with Crippen molar-refractivity contribution in [2.24, 2.45) is 0 Å². The molecule has 0 bridgehead atoms. The molecule has 0 saturated heterocycles. The van der Waals surface area contributed by atoms with Gasteiger partial charge >= 0.3 is 5.97 Å². The van der Waals surface area contributed by atoms with E-state index >= 15 is 0 Å². The van der Waals surface area contributed by atoms with Gasteiger partial charge in [0.25, 0.3) is 0 Å². The summed E-state index contributed by atoms with van der Waals surface area (Å²) >= 11 is 2.80. The van der Waals surface area contributed by atoms with Gasteiger partial charge in [-0.25, -0.2) is 0 Å². The Hall–Kier alpha value is -1.78. The Morgan fingerprint density at radius 2 is 2.20 bits per heavy atom. The molecule has 5 nitrogen and oxygen atoms in total. The fourth-order valence-electron chi connectivity index (χ4n) is 3.03. The number of carbonyl (C=O) groups excluding carboxylic acids is 2. The lowest BCUT2D eigenvalue weighted by Crippen LogP contribution is -2.40. The number of hydrogen-bond acceptors (Lipinski definition) is 6. The van der Waals surface area contributed by atoms with Gasteiger partial charge in [0, 0.05) is 4.88 Å². The molecule has 1 atom stereocenters. The summed E-state index contributed by atoms with van der Waals surface area (Å²) in [5, 5.41) is 13.0. The van der Waals surface area contributed by atoms with E-state index in [0.717, 1.165) is 31.2 Å². The van der Waals surface area contributed by atoms with Gasteiger partial charge in [-0.15, -0.1) is 23.1 Å². The van der Waals surface area contributed by atoms with Crippen LogP contribution in [0.5, 0.6) is 0 Å². The topological polar surface area (TPSA) is 79.2 Å². The van der Waals surface area contributed by atoms with Crippen LogP contribution >= 0.6 is 23.1 Å². The number of carbonyl (C=O) groups is 2. The summed E-state index contributed by atoms with van der Waals surface area (Å²) in [5.74, 6) is -0.333. The second kappa shape index (κ2) is 7.63. The smallest absolute Gasteiger partial charge is 0.326 e. The van der Waals surface area contributed by atoms with E-state index in [9.17, 15) is 14.9 Å². The van der Waals surface area contributed by atoms with Crippen molar-refractivity contribution in [3.8, 4) is 6.07 Å². The highest BCUT2D eigenvalue weighted by Gasteiger charge is 2.42. The number of rotatable bonds is 6. The number of nitriles is 1. The highest BCUT2D eigenvalue weighted by atomic mass is 32.2. The number of hydrogen-bond donors (Lipinski definition) is 1. The van der Waals surface area contributed by atoms with Crippen molar-refractivity contribution in [1.82, 2.24) is 0 Å². The Morgan fingerprint density at radius 3 is 2.84 bits per heavy atom. The van der Waals surface area contributed by atoms with E-state index in [1.165, 1.54) is 28.0 Å². The van der Waals surface area contributed by atoms with Crippen LogP contribution in [-0.4, -0.2) is 29.0 Å². The standard InChI is InChI=1S/C18H20N2O3S2/c1-2-23-17(22)18(8-5-9-18)24-11-15(21)20-16-13(10-19)12-6-3-4-7-14(12)25-16/h5,8H,2-4,6-7,9,11H2,1H3,(H,20,21). The van der Waals surface area contributed by atoms with Crippen LogP contribution in [0.2, 0.25) is 0 Å². The van der Waals surface area contributed by atoms with E-state index in [4.69, 9.17) is 4.74 Å². The van der Waals surface area contributed by atoms with Crippen LogP contribution in [0.1, 0.15) is 42.2 Å². The van der Waals surface area contributed by atoms with Gasteiger partial charge in [-0.1, -0.05) is 12.2 Å². The van der Waals surface area contributed by atoms with Crippen molar-refractivity contribution in [3.05, 3.63) is 28.2 Å². The average molecular weight is 377 g/mol. The minimum atomic E-state index is -0.736. The molecule has 1 N–H and O–H groups in total. The van der Waals surface area contributed by atoms with Gasteiger partial charge in [-0.05, 0) is 44.6 Å². The van der Waals surface area contributed by atoms with Crippen LogP contribution < -0.4 is 5.32 Å². The predicted octanol–water partition coefficient (Wildman–Crippen LogP) is 3.43. The van der Waals surface area contributed by atoms with Gasteiger partial charge in [0.2, 0.25) is 5.91 Å². The van der Waals surface area contributed by atoms with Gasteiger partial charge in [-0.3, -0.25) is 9.59 Å². The SMILES string of the molecule is CCOC(=O)C1(SCC(=O)Nc2sc3c(c2C#N)CCCC3)C=CC1. The molecule has 1 aromatic heterocycles. The van der Waals surface area contributed by atoms with E-state index in [0.29, 0.717) is 23.6 Å². The van der Waals surface area contributed by atoms with E-state index in [-0.39, 0.29) is 17.6 Å². The summed E-state index contributed by atoms with van der Waals surface area (Å²) in [4.78, 5) is 25.7. The van der Waals surface area contributed by atoms with E-state index < -0.39 is 4.75 Å². The zero-order chi connectivity index (χ0) is 17.9. The quantitative estimate of drug-likeness (QED) is 0.608. The molecule has 2 aliphatic carbocycles. The summed E-state index contributed by atoms with van der Waals surface area (Å²) in [7, 11) is 0. The summed E-state index contributed by atoms with van der Waals surface area (Å²) in [6.07, 6.45) is 8.41. The lowest BCUT2D eigenvalue weighted by atomic mass is 9.94. The van der Waals surface area contributed by atoms with Gasteiger partial charge in [-0.2, -0.15) is 5.26 Å². The fourth-order valence-corrected chi connectivity index (χ4v) is 5.33. The van der Waals surface area contributed by atoms with Crippen molar-refractivity contribution < 1.29 is 14.3 Å². The number of esters is 1. The Labute approximate surface area is 155 Å². The summed E-state index contributed by atoms with van der Waals surface area (Å²) in [6.45, 7) is 2.10. The average Bonchev–Trinajstić information content (AvgIpc) is 2.91. The molecule has 1 amide bonds. The number of ether oxygens (including phenoxy) is 1. The summed E-state index contributed by atoms with van der Waals surface area (Å²) in [5.41, 5.74) is 1.72. The third-order valence-corrected chi connectivity index (χ3v) is 7.02. The molecule has 0 saturated carbocycles. The zero-order valence-electron chi connectivity index (χ0n) is 14.1. The fraction of sp³-hybridized carbons (Fsp3) is 0.500. The monoisotopic (exact) mass is 376 g/mol. The second-order valence-corrected chi connectivity index (χ2v) is 8.49. The minimum absolute atomic E-state index is 0.149. The molecule has 132 valence electrons. The number of thioether (sulfide) groups is 1. The van der Waals surface area contributed by atoms with Crippen molar-refractivity contribution in [2.45, 2.75) is 43.8 Å². The number of aryl methyl sites for hydroxylation is 1. The molecule has 25 heavy (non-hydrogen) atoms. The van der Waals surface area contributed by atoms with E-state index in [1.54, 1.807) is 13.0 Å². The summed E-state index contributed by atoms with van der Waals surface area (Å²) < 4.78 is 4.37. The van der Waals surface area contributed by atoms with Gasteiger partial charge < -0.3 is 10.1 Å². The third kappa shape index (κ3) is 3.60. The highest BCUT2D eigenvalue weighted by Crippen LogP contribution is 2.40. The minimum Gasteiger partial charge on any atom is -0.465 e. The molecule has 2 aliphatic rings. The normalized spacial score (nSPS) is 21.0. The van der Waals surface area contributed by atoms with Gasteiger partial charge in [0.05, 0.1) is 17.9 Å². The van der Waals surface area contributed by atoms with Crippen LogP contribution in [0, 0.1) is 11.3 Å². The Bertz CT molecular complexity index is 763. The molecule has 0 aromatic carbocycles. The predicted molar refractivity (Wildman–Crippen MR) is 99.9 cm³/mol. The molecule has 1 unspecified atom stereocenters. The number of nitrogens with zero attached hydrogens (tertiary/aromatic N) is 1. The Kier molecular flexibility index (Phi) is 5.50. The molecular formula is C18H20N2O3S2. The number of anilines is 1. The molecule has 0 spiro atoms. The number of thiophene rings is 1. The number of fused-ring (bicyclic) bond motifs is 1. The van der Waals surface area contributed by atoms with Gasteiger partial charge in [0.1, 0.15) is 15.8 Å². The number of nitrogens with one attached hydrogen (secondary N) is 1. The maximum Gasteiger partial charge on any atom is 0.326 e. The van der Waals surface area contributed by atoms with Crippen molar-refractivity contribution in [3.63, 3.8) is 0 Å². The maximum atomic E-state index is 12.3. The van der Waals surface area contributed by atoms with E-state index in [2.05, 4.69) is 11.4 Å². The molecule has 0 radical (unpaired) electrons. The molecule has 0 fully saturated rings. The third-order valence-electron chi connectivity index (χ3n) is 4.43. The molecule has 0 aliphatic heterocycles. The molecular weight excluding hydrogens is 356 g/mol. The van der Waals surface area contributed by atoms with Crippen molar-refractivity contribution in [2.75, 3.05) is 17.7 Å². The van der Waals surface area contributed by atoms with Crippen molar-refractivity contribution in [1.29, 1.82) is 5.26 Å². The van der Waals surface area contributed by atoms with Crippen LogP contribution in [0.15, 0.2) is 12.2 Å². The van der Waals surface area contributed by atoms with E-state index in [1.807, 2.05) is 6.08 Å². The summed E-state index contributed by atoms with van der Waals surface area (Å²) in [6, 6.07) is 2.24. The lowest BCUT2D eigenvalue weighted by molar-refractivity contribution is -0.145. The zero-order valence-corrected chi connectivity index (χ0v) is 15.7. The molecule has 1 heterocycles. The first-order valence-corrected chi connectivity index (χ1v) is 10.2. The van der Waals surface area contributed by atoms with Gasteiger partial charge in [0.15, 0.2) is 0 Å². The number of allylic oxidation sites excluding steroid dienone is 1. The van der Waals surface area contributed by atoms with Crippen LogP contribution in [0.4, 0.5) is 5.00 Å². The van der Waals surface area contributed by atoms with Crippen LogP contribution in [0.25, 0.3) is 0 Å². The molecule has 3 rings (SSSR count). The Balaban J connectivity index is 1.64. The first-order chi connectivity index (χ1) is 12.1. The second-order valence-electron chi connectivity index (χ2n) is 6.08. The lowest BCUT2D eigenvalue weighted by Gasteiger charge is -2.31. The number of amides is 1. The Morgan fingerprint density at radius 1 is 1.44 bits per heavy atom. The first kappa shape index (κ1) is 18.0. The van der Waals surface area contributed by atoms with Crippen LogP contribution in [-0.2, 0) is 27.2 Å².